The van der Waals surface area contributed by atoms with Gasteiger partial charge in [-0.05, 0) is 45.2 Å². The van der Waals surface area contributed by atoms with Crippen molar-refractivity contribution in [2.24, 2.45) is 0 Å². The minimum atomic E-state index is 0.0107. The summed E-state index contributed by atoms with van der Waals surface area (Å²) in [6.45, 7) is 10.5. The molecule has 2 aliphatic rings. The predicted molar refractivity (Wildman–Crippen MR) is 130 cm³/mol. The summed E-state index contributed by atoms with van der Waals surface area (Å²) in [4.78, 5) is 31.7. The van der Waals surface area contributed by atoms with Gasteiger partial charge in [-0.3, -0.25) is 14.5 Å². The molecule has 8 nitrogen and oxygen atoms in total. The Morgan fingerprint density at radius 2 is 1.58 bits per heavy atom. The van der Waals surface area contributed by atoms with E-state index in [4.69, 9.17) is 0 Å². The molecule has 3 heterocycles. The lowest BCUT2D eigenvalue weighted by Crippen LogP contribution is -2.51. The van der Waals surface area contributed by atoms with E-state index in [9.17, 15) is 9.59 Å². The van der Waals surface area contributed by atoms with Gasteiger partial charge in [-0.25, -0.2) is 4.68 Å². The molecule has 2 saturated heterocycles. The van der Waals surface area contributed by atoms with Crippen molar-refractivity contribution in [3.8, 4) is 5.69 Å². The van der Waals surface area contributed by atoms with Crippen LogP contribution in [-0.4, -0.2) is 88.7 Å². The van der Waals surface area contributed by atoms with Gasteiger partial charge in [0.25, 0.3) is 0 Å². The van der Waals surface area contributed by atoms with E-state index in [1.165, 1.54) is 6.42 Å². The molecule has 0 atom stereocenters. The Bertz CT molecular complexity index is 943. The van der Waals surface area contributed by atoms with Crippen LogP contribution in [0.25, 0.3) is 5.69 Å². The summed E-state index contributed by atoms with van der Waals surface area (Å²) in [7, 11) is 0. The molecule has 0 aliphatic carbocycles. The second-order valence-corrected chi connectivity index (χ2v) is 9.15. The highest BCUT2D eigenvalue weighted by atomic mass is 16.2. The van der Waals surface area contributed by atoms with Crippen molar-refractivity contribution in [3.63, 3.8) is 0 Å². The van der Waals surface area contributed by atoms with Crippen LogP contribution in [0.15, 0.2) is 30.3 Å². The lowest BCUT2D eigenvalue weighted by Gasteiger charge is -2.36. The van der Waals surface area contributed by atoms with Crippen LogP contribution in [0.1, 0.15) is 37.1 Å². The first-order valence-electron chi connectivity index (χ1n) is 12.2. The van der Waals surface area contributed by atoms with Gasteiger partial charge in [-0.1, -0.05) is 18.2 Å². The van der Waals surface area contributed by atoms with Crippen molar-refractivity contribution in [1.82, 2.24) is 24.5 Å². The largest absolute Gasteiger partial charge is 0.342 e. The summed E-state index contributed by atoms with van der Waals surface area (Å²) >= 11 is 0. The molecule has 2 aromatic rings. The molecule has 2 fully saturated rings. The summed E-state index contributed by atoms with van der Waals surface area (Å²) in [6.07, 6.45) is 3.95. The number of benzene rings is 1. The van der Waals surface area contributed by atoms with Gasteiger partial charge >= 0.3 is 0 Å². The summed E-state index contributed by atoms with van der Waals surface area (Å²) in [6, 6.07) is 9.95. The first-order chi connectivity index (χ1) is 16.0. The molecule has 0 unspecified atom stereocenters. The fourth-order valence-electron chi connectivity index (χ4n) is 4.71. The van der Waals surface area contributed by atoms with Gasteiger partial charge in [0.1, 0.15) is 0 Å². The number of carbonyl (C=O) groups is 2. The number of piperazine rings is 1. The minimum absolute atomic E-state index is 0.0107. The maximum absolute atomic E-state index is 12.7. The molecule has 1 aromatic heterocycles. The van der Waals surface area contributed by atoms with Gasteiger partial charge in [0, 0.05) is 52.2 Å². The molecular formula is C25H36N6O2. The summed E-state index contributed by atoms with van der Waals surface area (Å²) in [5.74, 6) is 0.279. The molecule has 8 heteroatoms. The topological polar surface area (TPSA) is 73.7 Å². The third kappa shape index (κ3) is 6.00. The zero-order chi connectivity index (χ0) is 23.2. The summed E-state index contributed by atoms with van der Waals surface area (Å²) in [5.41, 5.74) is 3.52. The fraction of sp³-hybridized carbons (Fsp3) is 0.560. The number of rotatable bonds is 7. The van der Waals surface area contributed by atoms with Crippen LogP contribution in [0, 0.1) is 13.8 Å². The molecule has 33 heavy (non-hydrogen) atoms. The Labute approximate surface area is 196 Å². The highest BCUT2D eigenvalue weighted by Crippen LogP contribution is 2.23. The normalized spacial score (nSPS) is 17.8. The van der Waals surface area contributed by atoms with Gasteiger partial charge < -0.3 is 15.1 Å². The maximum Gasteiger partial charge on any atom is 0.236 e. The van der Waals surface area contributed by atoms with Crippen LogP contribution >= 0.6 is 0 Å². The van der Waals surface area contributed by atoms with Crippen molar-refractivity contribution in [2.45, 2.75) is 39.5 Å². The molecule has 0 radical (unpaired) electrons. The van der Waals surface area contributed by atoms with Crippen molar-refractivity contribution in [3.05, 3.63) is 41.7 Å². The minimum Gasteiger partial charge on any atom is -0.342 e. The number of aromatic nitrogens is 2. The van der Waals surface area contributed by atoms with Crippen LogP contribution in [0.4, 0.5) is 5.69 Å². The highest BCUT2D eigenvalue weighted by molar-refractivity contribution is 5.92. The molecule has 4 rings (SSSR count). The monoisotopic (exact) mass is 452 g/mol. The Hall–Kier alpha value is -2.71. The number of nitrogens with zero attached hydrogens (tertiary/aromatic N) is 5. The summed E-state index contributed by atoms with van der Waals surface area (Å²) < 4.78 is 1.87. The van der Waals surface area contributed by atoms with E-state index >= 15 is 0 Å². The highest BCUT2D eigenvalue weighted by Gasteiger charge is 2.23. The lowest BCUT2D eigenvalue weighted by atomic mass is 10.1. The average molecular weight is 453 g/mol. The van der Waals surface area contributed by atoms with E-state index in [1.807, 2.05) is 53.8 Å². The quantitative estimate of drug-likeness (QED) is 0.699. The Balaban J connectivity index is 1.21. The molecule has 0 bridgehead atoms. The number of nitrogens with one attached hydrogen (secondary N) is 1. The van der Waals surface area contributed by atoms with E-state index in [0.29, 0.717) is 13.0 Å². The van der Waals surface area contributed by atoms with Crippen molar-refractivity contribution >= 4 is 17.5 Å². The van der Waals surface area contributed by atoms with Crippen LogP contribution in [-0.2, 0) is 9.59 Å². The zero-order valence-corrected chi connectivity index (χ0v) is 19.9. The molecule has 178 valence electrons. The molecule has 2 aliphatic heterocycles. The van der Waals surface area contributed by atoms with Crippen LogP contribution in [0.2, 0.25) is 0 Å². The molecule has 2 amide bonds. The van der Waals surface area contributed by atoms with E-state index < -0.39 is 0 Å². The van der Waals surface area contributed by atoms with Crippen molar-refractivity contribution < 1.29 is 9.59 Å². The number of carbonyl (C=O) groups excluding carboxylic acids is 2. The standard InChI is InChI=1S/C25H36N6O2/c1-20-25(21(2)31(27-20)22-9-5-3-6-10-22)26-23(32)11-14-28-15-17-29(18-16-28)19-24(33)30-12-7-4-8-13-30/h3,5-6,9-10H,4,7-8,11-19H2,1-2H3,(H,26,32). The summed E-state index contributed by atoms with van der Waals surface area (Å²) in [5, 5.41) is 7.67. The first kappa shape index (κ1) is 23.4. The van der Waals surface area contributed by atoms with E-state index in [-0.39, 0.29) is 11.8 Å². The Morgan fingerprint density at radius 1 is 0.909 bits per heavy atom. The Morgan fingerprint density at radius 3 is 2.27 bits per heavy atom. The SMILES string of the molecule is Cc1nn(-c2ccccc2)c(C)c1NC(=O)CCN1CCN(CC(=O)N2CCCCC2)CC1. The second-order valence-electron chi connectivity index (χ2n) is 9.15. The first-order valence-corrected chi connectivity index (χ1v) is 12.2. The molecule has 0 spiro atoms. The predicted octanol–water partition coefficient (Wildman–Crippen LogP) is 2.45. The zero-order valence-electron chi connectivity index (χ0n) is 19.9. The number of hydrogen-bond acceptors (Lipinski definition) is 5. The number of aryl methyl sites for hydroxylation is 1. The van der Waals surface area contributed by atoms with Crippen LogP contribution < -0.4 is 5.32 Å². The Kier molecular flexibility index (Phi) is 7.77. The number of hydrogen-bond donors (Lipinski definition) is 1. The second kappa shape index (κ2) is 10.9. The number of para-hydroxylation sites is 1. The maximum atomic E-state index is 12.7. The number of likely N-dealkylation sites (tertiary alicyclic amines) is 1. The smallest absolute Gasteiger partial charge is 0.236 e. The van der Waals surface area contributed by atoms with Gasteiger partial charge in [0.05, 0.1) is 29.3 Å². The number of amides is 2. The molecular weight excluding hydrogens is 416 g/mol. The van der Waals surface area contributed by atoms with Crippen LogP contribution in [0.5, 0.6) is 0 Å². The van der Waals surface area contributed by atoms with Gasteiger partial charge in [-0.15, -0.1) is 0 Å². The average Bonchev–Trinajstić information content (AvgIpc) is 3.13. The fourth-order valence-corrected chi connectivity index (χ4v) is 4.71. The van der Waals surface area contributed by atoms with Crippen LogP contribution in [0.3, 0.4) is 0 Å². The number of piperidine rings is 1. The molecule has 1 N–H and O–H groups in total. The number of anilines is 1. The third-order valence-electron chi connectivity index (χ3n) is 6.74. The van der Waals surface area contributed by atoms with Gasteiger partial charge in [0.15, 0.2) is 0 Å². The van der Waals surface area contributed by atoms with Gasteiger partial charge in [-0.2, -0.15) is 5.10 Å². The van der Waals surface area contributed by atoms with E-state index in [1.54, 1.807) is 0 Å². The van der Waals surface area contributed by atoms with Gasteiger partial charge in [0.2, 0.25) is 11.8 Å². The molecule has 1 aromatic carbocycles. The third-order valence-corrected chi connectivity index (χ3v) is 6.74. The van der Waals surface area contributed by atoms with Crippen molar-refractivity contribution in [1.29, 1.82) is 0 Å². The molecule has 0 saturated carbocycles. The van der Waals surface area contributed by atoms with Crippen molar-refractivity contribution in [2.75, 3.05) is 57.7 Å². The van der Waals surface area contributed by atoms with E-state index in [0.717, 1.165) is 81.4 Å². The lowest BCUT2D eigenvalue weighted by molar-refractivity contribution is -0.133. The van der Waals surface area contributed by atoms with E-state index in [2.05, 4.69) is 20.2 Å².